The Morgan fingerprint density at radius 3 is 2.81 bits per heavy atom. The van der Waals surface area contributed by atoms with E-state index < -0.39 is 0 Å². The predicted octanol–water partition coefficient (Wildman–Crippen LogP) is 3.03. The van der Waals surface area contributed by atoms with Gasteiger partial charge in [0.2, 0.25) is 0 Å². The molecule has 0 spiro atoms. The van der Waals surface area contributed by atoms with E-state index in [1.807, 2.05) is 25.1 Å². The maximum atomic E-state index is 5.67. The summed E-state index contributed by atoms with van der Waals surface area (Å²) in [5.74, 6) is 2.29. The van der Waals surface area contributed by atoms with Crippen LogP contribution >= 0.6 is 24.0 Å². The molecule has 1 aromatic rings. The molecule has 1 heterocycles. The first-order valence-electron chi connectivity index (χ1n) is 6.89. The molecule has 0 amide bonds. The Morgan fingerprint density at radius 1 is 1.33 bits per heavy atom. The van der Waals surface area contributed by atoms with Crippen molar-refractivity contribution in [3.8, 4) is 11.5 Å². The van der Waals surface area contributed by atoms with Crippen LogP contribution in [0.25, 0.3) is 0 Å². The number of benzene rings is 1. The average Bonchev–Trinajstić information content (AvgIpc) is 2.69. The van der Waals surface area contributed by atoms with Crippen LogP contribution in [0.1, 0.15) is 13.3 Å². The second-order valence-electron chi connectivity index (χ2n) is 4.35. The highest BCUT2D eigenvalue weighted by Crippen LogP contribution is 2.32. The number of hydrogen-bond acceptors (Lipinski definition) is 3. The predicted molar refractivity (Wildman–Crippen MR) is 97.3 cm³/mol. The van der Waals surface area contributed by atoms with E-state index in [1.54, 1.807) is 6.08 Å². The largest absolute Gasteiger partial charge is 0.490 e. The number of hydrogen-bond donors (Lipinski definition) is 2. The van der Waals surface area contributed by atoms with Crippen molar-refractivity contribution in [2.75, 3.05) is 31.6 Å². The lowest BCUT2D eigenvalue weighted by Crippen LogP contribution is -2.30. The van der Waals surface area contributed by atoms with Crippen molar-refractivity contribution in [2.24, 2.45) is 4.99 Å². The van der Waals surface area contributed by atoms with Gasteiger partial charge in [0, 0.05) is 24.7 Å². The van der Waals surface area contributed by atoms with Gasteiger partial charge in [0.15, 0.2) is 17.5 Å². The molecular weight excluding hydrogens is 381 g/mol. The third kappa shape index (κ3) is 5.45. The van der Waals surface area contributed by atoms with Crippen LogP contribution in [-0.4, -0.2) is 32.3 Å². The molecule has 0 fully saturated rings. The van der Waals surface area contributed by atoms with Crippen LogP contribution in [0.15, 0.2) is 35.8 Å². The Bertz CT molecular complexity index is 492. The van der Waals surface area contributed by atoms with E-state index in [0.29, 0.717) is 19.8 Å². The first kappa shape index (κ1) is 17.6. The van der Waals surface area contributed by atoms with E-state index in [9.17, 15) is 0 Å². The summed E-state index contributed by atoms with van der Waals surface area (Å²) in [6.45, 7) is 8.44. The molecule has 6 heteroatoms. The van der Waals surface area contributed by atoms with E-state index in [-0.39, 0.29) is 24.0 Å². The van der Waals surface area contributed by atoms with Crippen molar-refractivity contribution in [3.63, 3.8) is 0 Å². The number of rotatable bonds is 4. The standard InChI is InChI=1S/C15H21N3O2.HI/c1-3-8-17-15(16-4-2)18-12-6-7-13-14(11-12)20-10-5-9-19-13;/h3,6-7,11H,1,4-5,8-10H2,2H3,(H2,16,17,18);1H. The van der Waals surface area contributed by atoms with Crippen LogP contribution in [0.5, 0.6) is 11.5 Å². The van der Waals surface area contributed by atoms with Gasteiger partial charge in [0.1, 0.15) is 0 Å². The minimum atomic E-state index is 0. The summed E-state index contributed by atoms with van der Waals surface area (Å²) < 4.78 is 11.3. The SMILES string of the molecule is C=CCN=C(NCC)Nc1ccc2c(c1)OCCCO2.I. The molecule has 2 rings (SSSR count). The lowest BCUT2D eigenvalue weighted by atomic mass is 10.3. The molecule has 1 aromatic carbocycles. The molecule has 0 aromatic heterocycles. The third-order valence-corrected chi connectivity index (χ3v) is 2.73. The van der Waals surface area contributed by atoms with E-state index >= 15 is 0 Å². The van der Waals surface area contributed by atoms with Gasteiger partial charge in [-0.1, -0.05) is 6.08 Å². The Balaban J connectivity index is 0.00000220. The van der Waals surface area contributed by atoms with Gasteiger partial charge in [0.05, 0.1) is 19.8 Å². The smallest absolute Gasteiger partial charge is 0.196 e. The van der Waals surface area contributed by atoms with Gasteiger partial charge < -0.3 is 20.1 Å². The molecule has 116 valence electrons. The Kier molecular flexibility index (Phi) is 7.96. The second kappa shape index (κ2) is 9.49. The molecule has 5 nitrogen and oxygen atoms in total. The number of guanidine groups is 1. The molecule has 0 atom stereocenters. The summed E-state index contributed by atoms with van der Waals surface area (Å²) >= 11 is 0. The second-order valence-corrected chi connectivity index (χ2v) is 4.35. The normalized spacial score (nSPS) is 13.7. The molecule has 0 unspecified atom stereocenters. The fraction of sp³-hybridized carbons (Fsp3) is 0.400. The van der Waals surface area contributed by atoms with Gasteiger partial charge in [0.25, 0.3) is 0 Å². The van der Waals surface area contributed by atoms with Crippen LogP contribution < -0.4 is 20.1 Å². The van der Waals surface area contributed by atoms with Gasteiger partial charge in [-0.15, -0.1) is 30.6 Å². The molecule has 1 aliphatic rings. The zero-order valence-corrected chi connectivity index (χ0v) is 14.6. The van der Waals surface area contributed by atoms with Crippen LogP contribution in [0.2, 0.25) is 0 Å². The molecule has 2 N–H and O–H groups in total. The quantitative estimate of drug-likeness (QED) is 0.351. The topological polar surface area (TPSA) is 54.9 Å². The molecule has 0 radical (unpaired) electrons. The minimum absolute atomic E-state index is 0. The molecule has 1 aliphatic heterocycles. The number of aliphatic imine (C=N–C) groups is 1. The van der Waals surface area contributed by atoms with E-state index in [1.165, 1.54) is 0 Å². The molecule has 0 bridgehead atoms. The Morgan fingerprint density at radius 2 is 2.10 bits per heavy atom. The minimum Gasteiger partial charge on any atom is -0.490 e. The van der Waals surface area contributed by atoms with Crippen molar-refractivity contribution >= 4 is 35.6 Å². The number of halogens is 1. The molecule has 0 saturated carbocycles. The highest BCUT2D eigenvalue weighted by atomic mass is 127. The van der Waals surface area contributed by atoms with Crippen molar-refractivity contribution < 1.29 is 9.47 Å². The van der Waals surface area contributed by atoms with Gasteiger partial charge >= 0.3 is 0 Å². The first-order valence-corrected chi connectivity index (χ1v) is 6.89. The highest BCUT2D eigenvalue weighted by molar-refractivity contribution is 14.0. The zero-order chi connectivity index (χ0) is 14.2. The number of ether oxygens (including phenoxy) is 2. The molecule has 0 saturated heterocycles. The highest BCUT2D eigenvalue weighted by Gasteiger charge is 2.11. The van der Waals surface area contributed by atoms with Crippen molar-refractivity contribution in [1.29, 1.82) is 0 Å². The summed E-state index contributed by atoms with van der Waals surface area (Å²) in [6, 6.07) is 5.80. The first-order chi connectivity index (χ1) is 9.83. The van der Waals surface area contributed by atoms with E-state index in [0.717, 1.165) is 36.1 Å². The van der Waals surface area contributed by atoms with E-state index in [4.69, 9.17) is 9.47 Å². The Labute approximate surface area is 142 Å². The van der Waals surface area contributed by atoms with Crippen LogP contribution in [-0.2, 0) is 0 Å². The number of nitrogens with one attached hydrogen (secondary N) is 2. The van der Waals surface area contributed by atoms with Crippen molar-refractivity contribution in [1.82, 2.24) is 5.32 Å². The van der Waals surface area contributed by atoms with E-state index in [2.05, 4.69) is 22.2 Å². The summed E-state index contributed by atoms with van der Waals surface area (Å²) in [5, 5.41) is 6.42. The van der Waals surface area contributed by atoms with Crippen LogP contribution in [0.4, 0.5) is 5.69 Å². The number of nitrogens with zero attached hydrogens (tertiary/aromatic N) is 1. The fourth-order valence-electron chi connectivity index (χ4n) is 1.84. The third-order valence-electron chi connectivity index (χ3n) is 2.73. The summed E-state index contributed by atoms with van der Waals surface area (Å²) in [6.07, 6.45) is 2.66. The van der Waals surface area contributed by atoms with Gasteiger partial charge in [-0.25, -0.2) is 4.99 Å². The monoisotopic (exact) mass is 403 g/mol. The van der Waals surface area contributed by atoms with Gasteiger partial charge in [-0.05, 0) is 19.1 Å². The van der Waals surface area contributed by atoms with Gasteiger partial charge in [-0.2, -0.15) is 0 Å². The van der Waals surface area contributed by atoms with Crippen LogP contribution in [0.3, 0.4) is 0 Å². The van der Waals surface area contributed by atoms with Crippen molar-refractivity contribution in [3.05, 3.63) is 30.9 Å². The fourth-order valence-corrected chi connectivity index (χ4v) is 1.84. The van der Waals surface area contributed by atoms with Crippen molar-refractivity contribution in [2.45, 2.75) is 13.3 Å². The number of anilines is 1. The number of fused-ring (bicyclic) bond motifs is 1. The Hall–Kier alpha value is -1.44. The zero-order valence-electron chi connectivity index (χ0n) is 12.2. The lowest BCUT2D eigenvalue weighted by molar-refractivity contribution is 0.297. The lowest BCUT2D eigenvalue weighted by Gasteiger charge is -2.13. The maximum Gasteiger partial charge on any atom is 0.196 e. The average molecular weight is 403 g/mol. The van der Waals surface area contributed by atoms with Gasteiger partial charge in [-0.3, -0.25) is 0 Å². The maximum absolute atomic E-state index is 5.67. The van der Waals surface area contributed by atoms with Crippen LogP contribution in [0, 0.1) is 0 Å². The summed E-state index contributed by atoms with van der Waals surface area (Å²) in [4.78, 5) is 4.36. The summed E-state index contributed by atoms with van der Waals surface area (Å²) in [7, 11) is 0. The molecule has 21 heavy (non-hydrogen) atoms. The summed E-state index contributed by atoms with van der Waals surface area (Å²) in [5.41, 5.74) is 0.915. The molecule has 0 aliphatic carbocycles. The molecular formula is C15H22IN3O2.